The zero-order chi connectivity index (χ0) is 19.6. The van der Waals surface area contributed by atoms with Gasteiger partial charge in [0.05, 0.1) is 12.2 Å². The molecule has 0 aliphatic carbocycles. The Hall–Kier alpha value is -2.03. The molecule has 2 aromatic rings. The number of hydrogen-bond acceptors (Lipinski definition) is 4. The first-order valence-electron chi connectivity index (χ1n) is 9.43. The van der Waals surface area contributed by atoms with Crippen LogP contribution >= 0.6 is 24.0 Å². The Morgan fingerprint density at radius 2 is 1.86 bits per heavy atom. The molecule has 0 aliphatic heterocycles. The van der Waals surface area contributed by atoms with Crippen LogP contribution in [-0.4, -0.2) is 51.7 Å². The molecule has 6 nitrogen and oxygen atoms in total. The molecule has 7 heteroatoms. The van der Waals surface area contributed by atoms with Gasteiger partial charge in [-0.15, -0.1) is 24.0 Å². The number of aromatic nitrogens is 1. The maximum absolute atomic E-state index is 4.62. The lowest BCUT2D eigenvalue weighted by molar-refractivity contribution is 0.745. The van der Waals surface area contributed by atoms with E-state index in [1.807, 2.05) is 37.2 Å². The van der Waals surface area contributed by atoms with Crippen LogP contribution in [0.25, 0.3) is 0 Å². The van der Waals surface area contributed by atoms with E-state index in [2.05, 4.69) is 63.6 Å². The largest absolute Gasteiger partial charge is 0.370 e. The summed E-state index contributed by atoms with van der Waals surface area (Å²) in [6, 6.07) is 14.7. The van der Waals surface area contributed by atoms with E-state index < -0.39 is 0 Å². The van der Waals surface area contributed by atoms with Crippen LogP contribution in [0, 0.1) is 6.92 Å². The molecule has 0 fully saturated rings. The summed E-state index contributed by atoms with van der Waals surface area (Å²) in [5.74, 6) is 1.74. The highest BCUT2D eigenvalue weighted by atomic mass is 127. The molecule has 0 spiro atoms. The molecule has 28 heavy (non-hydrogen) atoms. The topological polar surface area (TPSA) is 55.8 Å². The van der Waals surface area contributed by atoms with Gasteiger partial charge in [0, 0.05) is 46.5 Å². The second-order valence-corrected chi connectivity index (χ2v) is 6.65. The van der Waals surface area contributed by atoms with Gasteiger partial charge in [-0.3, -0.25) is 4.99 Å². The number of guanidine groups is 1. The van der Waals surface area contributed by atoms with E-state index in [-0.39, 0.29) is 24.0 Å². The quantitative estimate of drug-likeness (QED) is 0.334. The number of nitrogens with one attached hydrogen (secondary N) is 2. The lowest BCUT2D eigenvalue weighted by Gasteiger charge is -2.24. The summed E-state index contributed by atoms with van der Waals surface area (Å²) < 4.78 is 0. The predicted octanol–water partition coefficient (Wildman–Crippen LogP) is 3.27. The van der Waals surface area contributed by atoms with E-state index in [0.29, 0.717) is 6.54 Å². The van der Waals surface area contributed by atoms with Crippen LogP contribution in [0.5, 0.6) is 0 Å². The molecule has 0 amide bonds. The number of hydrogen-bond donors (Lipinski definition) is 2. The predicted molar refractivity (Wildman–Crippen MR) is 131 cm³/mol. The number of likely N-dealkylation sites (N-methyl/N-ethyl adjacent to an activating group) is 1. The van der Waals surface area contributed by atoms with Gasteiger partial charge in [0.2, 0.25) is 0 Å². The maximum atomic E-state index is 4.62. The number of pyridine rings is 1. The molecule has 0 atom stereocenters. The molecule has 0 aliphatic rings. The van der Waals surface area contributed by atoms with Crippen LogP contribution in [0.15, 0.2) is 47.5 Å². The molecule has 1 aromatic carbocycles. The molecular weight excluding hydrogens is 463 g/mol. The molecule has 1 aromatic heterocycles. The summed E-state index contributed by atoms with van der Waals surface area (Å²) in [5.41, 5.74) is 3.52. The van der Waals surface area contributed by atoms with Crippen molar-refractivity contribution in [3.8, 4) is 0 Å². The first-order chi connectivity index (χ1) is 13.0. The first-order valence-corrected chi connectivity index (χ1v) is 9.43. The Bertz CT molecular complexity index is 747. The lowest BCUT2D eigenvalue weighted by Crippen LogP contribution is -2.41. The maximum Gasteiger partial charge on any atom is 0.191 e. The number of aliphatic imine (C=N–C) groups is 1. The number of anilines is 2. The molecule has 0 bridgehead atoms. The van der Waals surface area contributed by atoms with Crippen LogP contribution in [0.4, 0.5) is 11.5 Å². The van der Waals surface area contributed by atoms with Gasteiger partial charge in [-0.05, 0) is 43.7 Å². The average molecular weight is 496 g/mol. The monoisotopic (exact) mass is 496 g/mol. The van der Waals surface area contributed by atoms with Crippen molar-refractivity contribution in [2.24, 2.45) is 4.99 Å². The minimum absolute atomic E-state index is 0. The van der Waals surface area contributed by atoms with E-state index >= 15 is 0 Å². The van der Waals surface area contributed by atoms with Crippen molar-refractivity contribution >= 4 is 41.4 Å². The van der Waals surface area contributed by atoms with Crippen molar-refractivity contribution < 1.29 is 0 Å². The Kier molecular flexibility index (Phi) is 10.7. The summed E-state index contributed by atoms with van der Waals surface area (Å²) in [4.78, 5) is 13.3. The molecule has 0 saturated carbocycles. The fourth-order valence-corrected chi connectivity index (χ4v) is 2.81. The third-order valence-corrected chi connectivity index (χ3v) is 4.33. The van der Waals surface area contributed by atoms with Crippen LogP contribution < -0.4 is 20.4 Å². The van der Waals surface area contributed by atoms with E-state index in [1.54, 1.807) is 7.05 Å². The minimum Gasteiger partial charge on any atom is -0.370 e. The fraction of sp³-hybridized carbons (Fsp3) is 0.429. The van der Waals surface area contributed by atoms with E-state index in [4.69, 9.17) is 0 Å². The van der Waals surface area contributed by atoms with Gasteiger partial charge in [0.25, 0.3) is 0 Å². The van der Waals surface area contributed by atoms with Crippen molar-refractivity contribution in [3.63, 3.8) is 0 Å². The molecular formula is C21H33IN6. The van der Waals surface area contributed by atoms with Gasteiger partial charge < -0.3 is 20.4 Å². The Morgan fingerprint density at radius 1 is 1.11 bits per heavy atom. The second-order valence-electron chi connectivity index (χ2n) is 6.65. The molecule has 0 saturated heterocycles. The van der Waals surface area contributed by atoms with Crippen LogP contribution in [0.2, 0.25) is 0 Å². The van der Waals surface area contributed by atoms with E-state index in [1.165, 1.54) is 11.3 Å². The van der Waals surface area contributed by atoms with Gasteiger partial charge in [-0.1, -0.05) is 18.2 Å². The zero-order valence-electron chi connectivity index (χ0n) is 17.6. The second kappa shape index (κ2) is 12.4. The smallest absolute Gasteiger partial charge is 0.191 e. The SMILES string of the molecule is CCN(CCNC(=NC)NCc1cccc(N(C)C)n1)c1cccc(C)c1.I. The van der Waals surface area contributed by atoms with Crippen molar-refractivity contribution in [1.82, 2.24) is 15.6 Å². The number of nitrogens with zero attached hydrogens (tertiary/aromatic N) is 4. The number of aryl methyl sites for hydroxylation is 1. The summed E-state index contributed by atoms with van der Waals surface area (Å²) in [6.07, 6.45) is 0. The van der Waals surface area contributed by atoms with Gasteiger partial charge >= 0.3 is 0 Å². The average Bonchev–Trinajstić information content (AvgIpc) is 2.67. The number of benzene rings is 1. The summed E-state index contributed by atoms with van der Waals surface area (Å²) >= 11 is 0. The van der Waals surface area contributed by atoms with Gasteiger partial charge in [-0.2, -0.15) is 0 Å². The molecule has 2 rings (SSSR count). The first kappa shape index (κ1) is 24.0. The Labute approximate surface area is 186 Å². The standard InChI is InChI=1S/C21H32N6.HI/c1-6-27(19-11-7-9-17(2)15-19)14-13-23-21(22-3)24-16-18-10-8-12-20(25-18)26(4)5;/h7-12,15H,6,13-14,16H2,1-5H3,(H2,22,23,24);1H. The third kappa shape index (κ3) is 7.53. The van der Waals surface area contributed by atoms with Gasteiger partial charge in [0.1, 0.15) is 5.82 Å². The van der Waals surface area contributed by atoms with Gasteiger partial charge in [0.15, 0.2) is 5.96 Å². The number of rotatable bonds is 8. The normalized spacial score (nSPS) is 10.8. The van der Waals surface area contributed by atoms with Crippen molar-refractivity contribution in [1.29, 1.82) is 0 Å². The van der Waals surface area contributed by atoms with Crippen LogP contribution in [0.1, 0.15) is 18.2 Å². The highest BCUT2D eigenvalue weighted by Gasteiger charge is 2.06. The third-order valence-electron chi connectivity index (χ3n) is 4.33. The molecule has 0 unspecified atom stereocenters. The molecule has 2 N–H and O–H groups in total. The molecule has 0 radical (unpaired) electrons. The van der Waals surface area contributed by atoms with Crippen molar-refractivity contribution in [2.45, 2.75) is 20.4 Å². The van der Waals surface area contributed by atoms with E-state index in [9.17, 15) is 0 Å². The lowest BCUT2D eigenvalue weighted by atomic mass is 10.2. The van der Waals surface area contributed by atoms with Crippen LogP contribution in [0.3, 0.4) is 0 Å². The van der Waals surface area contributed by atoms with Crippen molar-refractivity contribution in [3.05, 3.63) is 53.7 Å². The summed E-state index contributed by atoms with van der Waals surface area (Å²) in [7, 11) is 5.78. The fourth-order valence-electron chi connectivity index (χ4n) is 2.81. The number of halogens is 1. The Morgan fingerprint density at radius 3 is 2.50 bits per heavy atom. The van der Waals surface area contributed by atoms with Crippen molar-refractivity contribution in [2.75, 3.05) is 50.6 Å². The Balaban J connectivity index is 0.00000392. The van der Waals surface area contributed by atoms with E-state index in [0.717, 1.165) is 37.1 Å². The molecule has 1 heterocycles. The summed E-state index contributed by atoms with van der Waals surface area (Å²) in [6.45, 7) is 7.64. The zero-order valence-corrected chi connectivity index (χ0v) is 19.9. The highest BCUT2D eigenvalue weighted by Crippen LogP contribution is 2.15. The van der Waals surface area contributed by atoms with Gasteiger partial charge in [-0.25, -0.2) is 4.98 Å². The minimum atomic E-state index is 0. The summed E-state index contributed by atoms with van der Waals surface area (Å²) in [5, 5.41) is 6.72. The molecule has 154 valence electrons. The van der Waals surface area contributed by atoms with Crippen LogP contribution in [-0.2, 0) is 6.54 Å². The highest BCUT2D eigenvalue weighted by molar-refractivity contribution is 14.0.